The van der Waals surface area contributed by atoms with E-state index in [4.69, 9.17) is 0 Å². The number of carbonyl (C=O) groups is 1. The van der Waals surface area contributed by atoms with Crippen molar-refractivity contribution < 1.29 is 19.0 Å². The molecule has 2 aromatic carbocycles. The van der Waals surface area contributed by atoms with Gasteiger partial charge in [0.15, 0.2) is 0 Å². The van der Waals surface area contributed by atoms with E-state index < -0.39 is 27.1 Å². The number of hydrogen-bond donors (Lipinski definition) is 1. The molecular formula is C16H12FN3O5. The van der Waals surface area contributed by atoms with E-state index in [9.17, 15) is 29.4 Å². The Balaban J connectivity index is 1.87. The number of carbonyl (C=O) groups excluding carboxylic acids is 1. The average molecular weight is 345 g/mol. The maximum atomic E-state index is 13.2. The van der Waals surface area contributed by atoms with E-state index in [2.05, 4.69) is 5.32 Å². The third-order valence-corrected chi connectivity index (χ3v) is 4.07. The van der Waals surface area contributed by atoms with Crippen molar-refractivity contribution in [3.63, 3.8) is 0 Å². The molecule has 0 fully saturated rings. The molecule has 0 bridgehead atoms. The van der Waals surface area contributed by atoms with Gasteiger partial charge in [-0.15, -0.1) is 0 Å². The van der Waals surface area contributed by atoms with Crippen molar-refractivity contribution in [1.82, 2.24) is 5.32 Å². The summed E-state index contributed by atoms with van der Waals surface area (Å²) in [6, 6.07) is 6.68. The number of aryl methyl sites for hydroxylation is 1. The summed E-state index contributed by atoms with van der Waals surface area (Å²) in [5, 5.41) is 24.5. The number of hydrogen-bond acceptors (Lipinski definition) is 5. The third-order valence-electron chi connectivity index (χ3n) is 4.07. The SMILES string of the molecule is O=C(NC1CCc2cc(F)ccc21)c1cc([N+](=O)[O-])cc([N+](=O)[O-])c1. The van der Waals surface area contributed by atoms with Gasteiger partial charge in [0, 0.05) is 12.1 Å². The van der Waals surface area contributed by atoms with E-state index in [0.29, 0.717) is 12.8 Å². The minimum atomic E-state index is -0.794. The molecule has 128 valence electrons. The van der Waals surface area contributed by atoms with Gasteiger partial charge >= 0.3 is 0 Å². The van der Waals surface area contributed by atoms with Gasteiger partial charge in [-0.25, -0.2) is 4.39 Å². The number of halogens is 1. The van der Waals surface area contributed by atoms with E-state index in [-0.39, 0.29) is 17.4 Å². The van der Waals surface area contributed by atoms with Crippen LogP contribution in [-0.2, 0) is 6.42 Å². The lowest BCUT2D eigenvalue weighted by Gasteiger charge is -2.14. The van der Waals surface area contributed by atoms with Crippen LogP contribution < -0.4 is 5.32 Å². The Morgan fingerprint density at radius 1 is 1.08 bits per heavy atom. The van der Waals surface area contributed by atoms with Crippen LogP contribution in [-0.4, -0.2) is 15.8 Å². The fourth-order valence-electron chi connectivity index (χ4n) is 2.91. The van der Waals surface area contributed by atoms with Crippen LogP contribution in [0.25, 0.3) is 0 Å². The molecule has 0 saturated carbocycles. The highest BCUT2D eigenvalue weighted by Crippen LogP contribution is 2.32. The largest absolute Gasteiger partial charge is 0.345 e. The van der Waals surface area contributed by atoms with Gasteiger partial charge < -0.3 is 5.32 Å². The minimum absolute atomic E-state index is 0.170. The van der Waals surface area contributed by atoms with Gasteiger partial charge in [0.25, 0.3) is 17.3 Å². The Kier molecular flexibility index (Phi) is 4.14. The van der Waals surface area contributed by atoms with Gasteiger partial charge in [-0.2, -0.15) is 0 Å². The highest BCUT2D eigenvalue weighted by atomic mass is 19.1. The first kappa shape index (κ1) is 16.5. The van der Waals surface area contributed by atoms with E-state index in [1.54, 1.807) is 6.07 Å². The van der Waals surface area contributed by atoms with Gasteiger partial charge in [0.2, 0.25) is 0 Å². The van der Waals surface area contributed by atoms with Gasteiger partial charge in [-0.3, -0.25) is 25.0 Å². The maximum Gasteiger partial charge on any atom is 0.277 e. The number of fused-ring (bicyclic) bond motifs is 1. The molecule has 0 aliphatic heterocycles. The van der Waals surface area contributed by atoms with Crippen molar-refractivity contribution in [2.24, 2.45) is 0 Å². The van der Waals surface area contributed by atoms with E-state index in [1.807, 2.05) is 0 Å². The monoisotopic (exact) mass is 345 g/mol. The summed E-state index contributed by atoms with van der Waals surface area (Å²) in [5.74, 6) is -1.02. The molecule has 3 rings (SSSR count). The first-order valence-electron chi connectivity index (χ1n) is 7.38. The number of benzene rings is 2. The summed E-state index contributed by atoms with van der Waals surface area (Å²) in [4.78, 5) is 32.6. The highest BCUT2D eigenvalue weighted by molar-refractivity contribution is 5.96. The predicted octanol–water partition coefficient (Wildman–Crippen LogP) is 3.06. The van der Waals surface area contributed by atoms with Crippen LogP contribution in [0.15, 0.2) is 36.4 Å². The molecular weight excluding hydrogens is 333 g/mol. The molecule has 1 N–H and O–H groups in total. The lowest BCUT2D eigenvalue weighted by molar-refractivity contribution is -0.394. The second-order valence-electron chi connectivity index (χ2n) is 5.66. The molecule has 0 saturated heterocycles. The number of rotatable bonds is 4. The molecule has 1 aliphatic carbocycles. The van der Waals surface area contributed by atoms with E-state index in [0.717, 1.165) is 29.3 Å². The van der Waals surface area contributed by atoms with Crippen LogP contribution in [0, 0.1) is 26.0 Å². The summed E-state index contributed by atoms with van der Waals surface area (Å²) >= 11 is 0. The smallest absolute Gasteiger partial charge is 0.277 e. The first-order chi connectivity index (χ1) is 11.8. The molecule has 0 heterocycles. The van der Waals surface area contributed by atoms with E-state index in [1.165, 1.54) is 12.1 Å². The van der Waals surface area contributed by atoms with Crippen molar-refractivity contribution >= 4 is 17.3 Å². The lowest BCUT2D eigenvalue weighted by atomic mass is 10.1. The van der Waals surface area contributed by atoms with Gasteiger partial charge in [0.05, 0.1) is 27.5 Å². The predicted molar refractivity (Wildman–Crippen MR) is 84.7 cm³/mol. The second-order valence-corrected chi connectivity index (χ2v) is 5.66. The second kappa shape index (κ2) is 6.27. The molecule has 1 unspecified atom stereocenters. The molecule has 25 heavy (non-hydrogen) atoms. The van der Waals surface area contributed by atoms with Gasteiger partial charge in [-0.05, 0) is 36.1 Å². The minimum Gasteiger partial charge on any atom is -0.345 e. The number of non-ortho nitro benzene ring substituents is 2. The van der Waals surface area contributed by atoms with Gasteiger partial charge in [0.1, 0.15) is 5.82 Å². The molecule has 0 spiro atoms. The summed E-state index contributed by atoms with van der Waals surface area (Å²) in [5.41, 5.74) is 0.322. The number of amides is 1. The molecule has 0 radical (unpaired) electrons. The zero-order valence-corrected chi connectivity index (χ0v) is 12.8. The number of nitro benzene ring substituents is 2. The molecule has 2 aromatic rings. The molecule has 8 nitrogen and oxygen atoms in total. The molecule has 0 aromatic heterocycles. The summed E-state index contributed by atoms with van der Waals surface area (Å²) in [7, 11) is 0. The zero-order valence-electron chi connectivity index (χ0n) is 12.8. The lowest BCUT2D eigenvalue weighted by Crippen LogP contribution is -2.27. The van der Waals surface area contributed by atoms with Crippen LogP contribution in [0.5, 0.6) is 0 Å². The van der Waals surface area contributed by atoms with Crippen LogP contribution in [0.4, 0.5) is 15.8 Å². The fraction of sp³-hybridized carbons (Fsp3) is 0.188. The highest BCUT2D eigenvalue weighted by Gasteiger charge is 2.26. The van der Waals surface area contributed by atoms with Crippen molar-refractivity contribution in [1.29, 1.82) is 0 Å². The van der Waals surface area contributed by atoms with Crippen LogP contribution in [0.3, 0.4) is 0 Å². The fourth-order valence-corrected chi connectivity index (χ4v) is 2.91. The van der Waals surface area contributed by atoms with Crippen LogP contribution in [0.2, 0.25) is 0 Å². The Bertz CT molecular complexity index is 867. The standard InChI is InChI=1S/C16H12FN3O5/c17-11-2-3-14-9(5-11)1-4-15(14)18-16(21)10-6-12(19(22)23)8-13(7-10)20(24)25/h2-3,5-8,15H,1,4H2,(H,18,21). The van der Waals surface area contributed by atoms with E-state index >= 15 is 0 Å². The Labute approximate surface area is 140 Å². The zero-order chi connectivity index (χ0) is 18.1. The summed E-state index contributed by atoms with van der Waals surface area (Å²) < 4.78 is 13.2. The number of nitrogens with zero attached hydrogens (tertiary/aromatic N) is 2. The van der Waals surface area contributed by atoms with Crippen molar-refractivity contribution in [3.8, 4) is 0 Å². The Morgan fingerprint density at radius 2 is 1.72 bits per heavy atom. The third kappa shape index (κ3) is 3.30. The Hall–Kier alpha value is -3.36. The van der Waals surface area contributed by atoms with Crippen molar-refractivity contribution in [2.75, 3.05) is 0 Å². The average Bonchev–Trinajstić information content (AvgIpc) is 2.96. The normalized spacial score (nSPS) is 15.5. The topological polar surface area (TPSA) is 115 Å². The first-order valence-corrected chi connectivity index (χ1v) is 7.38. The number of nitrogens with one attached hydrogen (secondary N) is 1. The molecule has 1 atom stereocenters. The van der Waals surface area contributed by atoms with Crippen molar-refractivity contribution in [2.45, 2.75) is 18.9 Å². The van der Waals surface area contributed by atoms with Crippen molar-refractivity contribution in [3.05, 3.63) is 79.1 Å². The number of nitro groups is 2. The van der Waals surface area contributed by atoms with Crippen LogP contribution in [0.1, 0.15) is 33.9 Å². The molecule has 1 aliphatic rings. The molecule has 1 amide bonds. The molecule has 9 heteroatoms. The summed E-state index contributed by atoms with van der Waals surface area (Å²) in [6.45, 7) is 0. The quantitative estimate of drug-likeness (QED) is 0.675. The summed E-state index contributed by atoms with van der Waals surface area (Å²) in [6.07, 6.45) is 1.15. The van der Waals surface area contributed by atoms with Gasteiger partial charge in [-0.1, -0.05) is 6.07 Å². The van der Waals surface area contributed by atoms with Crippen LogP contribution >= 0.6 is 0 Å². The maximum absolute atomic E-state index is 13.2. The Morgan fingerprint density at radius 3 is 2.32 bits per heavy atom.